The number of amides is 1. The largest absolute Gasteiger partial charge is 0.439 e. The van der Waals surface area contributed by atoms with Gasteiger partial charge in [0, 0.05) is 12.3 Å². The van der Waals surface area contributed by atoms with Crippen LogP contribution in [0.5, 0.6) is 11.6 Å². The van der Waals surface area contributed by atoms with E-state index in [1.807, 2.05) is 12.1 Å². The van der Waals surface area contributed by atoms with E-state index in [-0.39, 0.29) is 0 Å². The molecular formula is C22H29N3O2. The van der Waals surface area contributed by atoms with Crippen LogP contribution in [0.4, 0.5) is 0 Å². The molecule has 27 heavy (non-hydrogen) atoms. The van der Waals surface area contributed by atoms with Crippen LogP contribution in [-0.2, 0) is 6.42 Å². The molecule has 5 nitrogen and oxygen atoms in total. The van der Waals surface area contributed by atoms with Gasteiger partial charge in [0.05, 0.1) is 5.56 Å². The van der Waals surface area contributed by atoms with Gasteiger partial charge in [-0.3, -0.25) is 4.79 Å². The predicted octanol–water partition coefficient (Wildman–Crippen LogP) is 4.08. The lowest BCUT2D eigenvalue weighted by molar-refractivity contribution is 0.1000. The van der Waals surface area contributed by atoms with E-state index in [0.29, 0.717) is 11.4 Å². The number of hydrogen-bond acceptors (Lipinski definition) is 4. The molecule has 1 amide bonds. The minimum absolute atomic E-state index is 0.369. The fraction of sp³-hybridized carbons (Fsp3) is 0.455. The number of benzene rings is 1. The Labute approximate surface area is 161 Å². The maximum Gasteiger partial charge on any atom is 0.250 e. The molecule has 0 atom stereocenters. The fourth-order valence-electron chi connectivity index (χ4n) is 3.54. The number of nitrogens with zero attached hydrogens (tertiary/aromatic N) is 1. The summed E-state index contributed by atoms with van der Waals surface area (Å²) < 4.78 is 5.71. The lowest BCUT2D eigenvalue weighted by Crippen LogP contribution is -2.24. The van der Waals surface area contributed by atoms with Crippen molar-refractivity contribution >= 4 is 5.91 Å². The van der Waals surface area contributed by atoms with Crippen molar-refractivity contribution in [2.75, 3.05) is 13.1 Å². The molecular weight excluding hydrogens is 338 g/mol. The average Bonchev–Trinajstić information content (AvgIpc) is 2.96. The number of aromatic nitrogens is 1. The number of carbonyl (C=O) groups is 1. The van der Waals surface area contributed by atoms with E-state index >= 15 is 0 Å². The van der Waals surface area contributed by atoms with Crippen molar-refractivity contribution in [3.63, 3.8) is 0 Å². The third-order valence-corrected chi connectivity index (χ3v) is 5.16. The van der Waals surface area contributed by atoms with Crippen molar-refractivity contribution in [1.29, 1.82) is 0 Å². The molecule has 1 fully saturated rings. The summed E-state index contributed by atoms with van der Waals surface area (Å²) in [4.78, 5) is 15.2. The lowest BCUT2D eigenvalue weighted by Gasteiger charge is -2.14. The van der Waals surface area contributed by atoms with Gasteiger partial charge in [0.15, 0.2) is 0 Å². The Bertz CT molecular complexity index is 705. The van der Waals surface area contributed by atoms with Gasteiger partial charge in [-0.25, -0.2) is 4.98 Å². The van der Waals surface area contributed by atoms with Gasteiger partial charge in [-0.05, 0) is 62.0 Å². The Balaban J connectivity index is 1.41. The number of ether oxygens (including phenoxy) is 1. The van der Waals surface area contributed by atoms with Gasteiger partial charge in [0.2, 0.25) is 11.8 Å². The number of hydrogen-bond donors (Lipinski definition) is 2. The number of carbonyl (C=O) groups excluding carboxylic acids is 1. The van der Waals surface area contributed by atoms with Gasteiger partial charge in [-0.15, -0.1) is 0 Å². The first-order valence-electron chi connectivity index (χ1n) is 9.94. The first-order valence-corrected chi connectivity index (χ1v) is 9.94. The molecule has 2 aromatic rings. The van der Waals surface area contributed by atoms with Gasteiger partial charge >= 0.3 is 0 Å². The maximum absolute atomic E-state index is 11.1. The monoisotopic (exact) mass is 367 g/mol. The van der Waals surface area contributed by atoms with E-state index in [4.69, 9.17) is 10.5 Å². The van der Waals surface area contributed by atoms with Crippen molar-refractivity contribution in [2.24, 2.45) is 11.7 Å². The van der Waals surface area contributed by atoms with E-state index in [1.54, 1.807) is 12.1 Å². The number of pyridine rings is 1. The van der Waals surface area contributed by atoms with Gasteiger partial charge < -0.3 is 15.8 Å². The standard InChI is InChI=1S/C22H29N3O2/c23-22(26)19-9-12-21(25-16-19)27-20-10-7-17(8-11-20)13-14-24-15-18-5-3-1-2-4-6-18/h7-12,16,18,24H,1-6,13-15H2,(H2,23,26). The van der Waals surface area contributed by atoms with E-state index in [1.165, 1.54) is 50.3 Å². The summed E-state index contributed by atoms with van der Waals surface area (Å²) in [7, 11) is 0. The van der Waals surface area contributed by atoms with Crippen LogP contribution < -0.4 is 15.8 Å². The highest BCUT2D eigenvalue weighted by molar-refractivity contribution is 5.92. The van der Waals surface area contributed by atoms with Crippen LogP contribution in [0.25, 0.3) is 0 Å². The zero-order chi connectivity index (χ0) is 18.9. The quantitative estimate of drug-likeness (QED) is 0.544. The van der Waals surface area contributed by atoms with Crippen molar-refractivity contribution in [1.82, 2.24) is 10.3 Å². The van der Waals surface area contributed by atoms with Crippen LogP contribution in [0.2, 0.25) is 0 Å². The Morgan fingerprint density at radius 2 is 1.81 bits per heavy atom. The summed E-state index contributed by atoms with van der Waals surface area (Å²) in [5, 5.41) is 3.62. The van der Waals surface area contributed by atoms with Gasteiger partial charge in [-0.1, -0.05) is 37.8 Å². The Morgan fingerprint density at radius 1 is 1.07 bits per heavy atom. The number of nitrogens with two attached hydrogens (primary N) is 1. The summed E-state index contributed by atoms with van der Waals surface area (Å²) in [6.45, 7) is 2.15. The lowest BCUT2D eigenvalue weighted by atomic mass is 10.0. The first kappa shape index (κ1) is 19.4. The average molecular weight is 367 g/mol. The van der Waals surface area contributed by atoms with Gasteiger partial charge in [0.25, 0.3) is 0 Å². The van der Waals surface area contributed by atoms with E-state index < -0.39 is 5.91 Å². The second kappa shape index (κ2) is 10.1. The van der Waals surface area contributed by atoms with Crippen LogP contribution in [0, 0.1) is 5.92 Å². The summed E-state index contributed by atoms with van der Waals surface area (Å²) in [6, 6.07) is 11.3. The van der Waals surface area contributed by atoms with Crippen LogP contribution in [-0.4, -0.2) is 24.0 Å². The summed E-state index contributed by atoms with van der Waals surface area (Å²) in [6.07, 6.45) is 10.8. The third-order valence-electron chi connectivity index (χ3n) is 5.16. The molecule has 1 aromatic carbocycles. The van der Waals surface area contributed by atoms with Crippen LogP contribution in [0.15, 0.2) is 42.6 Å². The van der Waals surface area contributed by atoms with Crippen LogP contribution in [0.1, 0.15) is 54.4 Å². The molecule has 5 heteroatoms. The molecule has 1 aliphatic carbocycles. The molecule has 0 unspecified atom stereocenters. The normalized spacial score (nSPS) is 15.3. The Hall–Kier alpha value is -2.40. The molecule has 0 radical (unpaired) electrons. The van der Waals surface area contributed by atoms with E-state index in [2.05, 4.69) is 22.4 Å². The molecule has 0 saturated heterocycles. The smallest absolute Gasteiger partial charge is 0.250 e. The van der Waals surface area contributed by atoms with Gasteiger partial charge in [0.1, 0.15) is 5.75 Å². The van der Waals surface area contributed by atoms with E-state index in [0.717, 1.165) is 31.2 Å². The third kappa shape index (κ3) is 6.36. The number of nitrogens with one attached hydrogen (secondary N) is 1. The first-order chi connectivity index (χ1) is 13.2. The zero-order valence-corrected chi connectivity index (χ0v) is 15.8. The Kier molecular flexibility index (Phi) is 7.22. The van der Waals surface area contributed by atoms with Crippen molar-refractivity contribution < 1.29 is 9.53 Å². The SMILES string of the molecule is NC(=O)c1ccc(Oc2ccc(CCNCC3CCCCCC3)cc2)nc1. The topological polar surface area (TPSA) is 77.2 Å². The van der Waals surface area contributed by atoms with Crippen LogP contribution in [0.3, 0.4) is 0 Å². The fourth-order valence-corrected chi connectivity index (χ4v) is 3.54. The Morgan fingerprint density at radius 3 is 2.44 bits per heavy atom. The second-order valence-electron chi connectivity index (χ2n) is 7.31. The minimum atomic E-state index is -0.494. The molecule has 3 N–H and O–H groups in total. The molecule has 0 bridgehead atoms. The van der Waals surface area contributed by atoms with Crippen molar-refractivity contribution in [3.8, 4) is 11.6 Å². The van der Waals surface area contributed by atoms with Crippen molar-refractivity contribution in [2.45, 2.75) is 44.9 Å². The highest BCUT2D eigenvalue weighted by Crippen LogP contribution is 2.22. The van der Waals surface area contributed by atoms with Crippen LogP contribution >= 0.6 is 0 Å². The summed E-state index contributed by atoms with van der Waals surface area (Å²) in [5.74, 6) is 1.53. The molecule has 1 aliphatic rings. The molecule has 1 saturated carbocycles. The number of rotatable bonds is 8. The number of primary amides is 1. The van der Waals surface area contributed by atoms with Gasteiger partial charge in [-0.2, -0.15) is 0 Å². The summed E-state index contributed by atoms with van der Waals surface area (Å²) in [5.41, 5.74) is 6.86. The zero-order valence-electron chi connectivity index (χ0n) is 15.8. The second-order valence-corrected chi connectivity index (χ2v) is 7.31. The highest BCUT2D eigenvalue weighted by Gasteiger charge is 2.11. The minimum Gasteiger partial charge on any atom is -0.439 e. The predicted molar refractivity (Wildman–Crippen MR) is 107 cm³/mol. The van der Waals surface area contributed by atoms with E-state index in [9.17, 15) is 4.79 Å². The molecule has 1 aromatic heterocycles. The maximum atomic E-state index is 11.1. The molecule has 0 spiro atoms. The highest BCUT2D eigenvalue weighted by atomic mass is 16.5. The summed E-state index contributed by atoms with van der Waals surface area (Å²) >= 11 is 0. The molecule has 1 heterocycles. The molecule has 3 rings (SSSR count). The molecule has 0 aliphatic heterocycles. The van der Waals surface area contributed by atoms with Crippen molar-refractivity contribution in [3.05, 3.63) is 53.7 Å². The molecule has 144 valence electrons.